The van der Waals surface area contributed by atoms with Crippen molar-refractivity contribution in [1.29, 1.82) is 0 Å². The van der Waals surface area contributed by atoms with Crippen molar-refractivity contribution in [2.45, 2.75) is 38.8 Å². The predicted octanol–water partition coefficient (Wildman–Crippen LogP) is 2.64. The fourth-order valence-electron chi connectivity index (χ4n) is 4.82. The van der Waals surface area contributed by atoms with Gasteiger partial charge < -0.3 is 9.64 Å². The van der Waals surface area contributed by atoms with E-state index >= 15 is 0 Å². The van der Waals surface area contributed by atoms with E-state index in [0.29, 0.717) is 39.1 Å². The Labute approximate surface area is 190 Å². The lowest BCUT2D eigenvalue weighted by molar-refractivity contribution is -0.146. The third-order valence-electron chi connectivity index (χ3n) is 6.61. The summed E-state index contributed by atoms with van der Waals surface area (Å²) in [5.41, 5.74) is 2.42. The molecule has 1 aromatic carbocycles. The number of amides is 1. The number of ether oxygens (including phenoxy) is 1. The maximum atomic E-state index is 14.0. The van der Waals surface area contributed by atoms with Crippen LogP contribution in [-0.4, -0.2) is 71.5 Å². The van der Waals surface area contributed by atoms with Gasteiger partial charge in [-0.3, -0.25) is 24.4 Å². The van der Waals surface area contributed by atoms with E-state index < -0.39 is 5.54 Å². The molecule has 4 rings (SSSR count). The number of benzene rings is 1. The van der Waals surface area contributed by atoms with Crippen molar-refractivity contribution in [2.75, 3.05) is 44.2 Å². The van der Waals surface area contributed by atoms with Crippen LogP contribution in [-0.2, 0) is 20.9 Å². The lowest BCUT2D eigenvalue weighted by Gasteiger charge is -2.52. The van der Waals surface area contributed by atoms with Crippen LogP contribution >= 0.6 is 0 Å². The highest BCUT2D eigenvalue weighted by Crippen LogP contribution is 2.36. The van der Waals surface area contributed by atoms with Gasteiger partial charge in [0.05, 0.1) is 25.0 Å². The summed E-state index contributed by atoms with van der Waals surface area (Å²) < 4.78 is 5.11. The molecule has 0 bridgehead atoms. The van der Waals surface area contributed by atoms with Gasteiger partial charge in [0.1, 0.15) is 5.54 Å². The Morgan fingerprint density at radius 3 is 2.47 bits per heavy atom. The summed E-state index contributed by atoms with van der Waals surface area (Å²) in [5.74, 6) is -0.0620. The molecular weight excluding hydrogens is 404 g/mol. The van der Waals surface area contributed by atoms with E-state index in [9.17, 15) is 9.59 Å². The number of aromatic nitrogens is 1. The molecule has 2 saturated heterocycles. The van der Waals surface area contributed by atoms with Crippen molar-refractivity contribution < 1.29 is 14.3 Å². The number of carbonyl (C=O) groups excluding carboxylic acids is 2. The second kappa shape index (κ2) is 9.79. The molecule has 2 fully saturated rings. The summed E-state index contributed by atoms with van der Waals surface area (Å²) in [4.78, 5) is 36.7. The largest absolute Gasteiger partial charge is 0.465 e. The van der Waals surface area contributed by atoms with Gasteiger partial charge in [-0.25, -0.2) is 0 Å². The number of piperidine rings is 1. The third-order valence-corrected chi connectivity index (χ3v) is 6.61. The monoisotopic (exact) mass is 436 g/mol. The summed E-state index contributed by atoms with van der Waals surface area (Å²) in [6, 6.07) is 14.3. The highest BCUT2D eigenvalue weighted by Gasteiger charge is 2.51. The number of aryl methyl sites for hydroxylation is 1. The highest BCUT2D eigenvalue weighted by molar-refractivity contribution is 6.01. The second-order valence-corrected chi connectivity index (χ2v) is 8.63. The number of piperazine rings is 1. The Morgan fingerprint density at radius 2 is 1.81 bits per heavy atom. The van der Waals surface area contributed by atoms with Gasteiger partial charge in [0, 0.05) is 38.4 Å². The minimum absolute atomic E-state index is 0.140. The number of likely N-dealkylation sites (tertiary alicyclic amines) is 1. The van der Waals surface area contributed by atoms with Gasteiger partial charge in [-0.2, -0.15) is 0 Å². The Bertz CT molecular complexity index is 924. The van der Waals surface area contributed by atoms with Crippen LogP contribution in [0.5, 0.6) is 0 Å². The lowest BCUT2D eigenvalue weighted by Crippen LogP contribution is -2.68. The van der Waals surface area contributed by atoms with Crippen LogP contribution in [0.4, 0.5) is 5.69 Å². The highest BCUT2D eigenvalue weighted by atomic mass is 16.5. The Balaban J connectivity index is 1.56. The van der Waals surface area contributed by atoms with Gasteiger partial charge in [0.2, 0.25) is 5.91 Å². The average molecular weight is 437 g/mol. The fourth-order valence-corrected chi connectivity index (χ4v) is 4.82. The van der Waals surface area contributed by atoms with E-state index in [-0.39, 0.29) is 18.4 Å². The number of hydrogen-bond donors (Lipinski definition) is 0. The van der Waals surface area contributed by atoms with E-state index in [1.165, 1.54) is 5.56 Å². The van der Waals surface area contributed by atoms with Gasteiger partial charge in [-0.05, 0) is 44.4 Å². The SMILES string of the molecule is CCOC(=O)CN1CCC2(CC1)C(=O)N(c1ccc(C)nc1)CCN2Cc1ccccc1. The quantitative estimate of drug-likeness (QED) is 0.649. The molecule has 0 radical (unpaired) electrons. The zero-order valence-corrected chi connectivity index (χ0v) is 19.0. The van der Waals surface area contributed by atoms with E-state index in [1.807, 2.05) is 49.1 Å². The average Bonchev–Trinajstić information content (AvgIpc) is 2.80. The van der Waals surface area contributed by atoms with Gasteiger partial charge in [0.15, 0.2) is 0 Å². The summed E-state index contributed by atoms with van der Waals surface area (Å²) in [7, 11) is 0. The molecule has 2 aromatic rings. The van der Waals surface area contributed by atoms with Gasteiger partial charge >= 0.3 is 5.97 Å². The molecule has 2 aliphatic rings. The molecular formula is C25H32N4O3. The molecule has 0 N–H and O–H groups in total. The number of hydrogen-bond acceptors (Lipinski definition) is 6. The van der Waals surface area contributed by atoms with Crippen molar-refractivity contribution in [1.82, 2.24) is 14.8 Å². The molecule has 0 atom stereocenters. The summed E-state index contributed by atoms with van der Waals surface area (Å²) >= 11 is 0. The number of carbonyl (C=O) groups is 2. The number of esters is 1. The molecule has 32 heavy (non-hydrogen) atoms. The van der Waals surface area contributed by atoms with Crippen LogP contribution in [0.15, 0.2) is 48.7 Å². The molecule has 7 heteroatoms. The van der Waals surface area contributed by atoms with Crippen LogP contribution in [0.3, 0.4) is 0 Å². The lowest BCUT2D eigenvalue weighted by atomic mass is 9.81. The third kappa shape index (κ3) is 4.69. The van der Waals surface area contributed by atoms with Crippen LogP contribution < -0.4 is 4.90 Å². The zero-order valence-electron chi connectivity index (χ0n) is 19.0. The number of rotatable bonds is 6. The molecule has 7 nitrogen and oxygen atoms in total. The smallest absolute Gasteiger partial charge is 0.320 e. The Morgan fingerprint density at radius 1 is 1.06 bits per heavy atom. The number of nitrogens with zero attached hydrogens (tertiary/aromatic N) is 4. The molecule has 1 spiro atoms. The first-order valence-electron chi connectivity index (χ1n) is 11.4. The van der Waals surface area contributed by atoms with Gasteiger partial charge in [-0.15, -0.1) is 0 Å². The van der Waals surface area contributed by atoms with Gasteiger partial charge in [0.25, 0.3) is 0 Å². The zero-order chi connectivity index (χ0) is 22.6. The molecule has 0 unspecified atom stereocenters. The van der Waals surface area contributed by atoms with Crippen LogP contribution in [0, 0.1) is 6.92 Å². The topological polar surface area (TPSA) is 66.0 Å². The first-order valence-corrected chi connectivity index (χ1v) is 11.4. The molecule has 3 heterocycles. The Kier molecular flexibility index (Phi) is 6.86. The second-order valence-electron chi connectivity index (χ2n) is 8.63. The normalized spacial score (nSPS) is 19.3. The minimum atomic E-state index is -0.579. The van der Waals surface area contributed by atoms with Crippen LogP contribution in [0.1, 0.15) is 31.0 Å². The molecule has 1 amide bonds. The first-order chi connectivity index (χ1) is 15.5. The van der Waals surface area contributed by atoms with Crippen molar-refractivity contribution in [2.24, 2.45) is 0 Å². The molecule has 2 aliphatic heterocycles. The van der Waals surface area contributed by atoms with Gasteiger partial charge in [-0.1, -0.05) is 30.3 Å². The van der Waals surface area contributed by atoms with E-state index in [2.05, 4.69) is 26.9 Å². The maximum absolute atomic E-state index is 14.0. The van der Waals surface area contributed by atoms with E-state index in [1.54, 1.807) is 6.20 Å². The summed E-state index contributed by atoms with van der Waals surface area (Å²) in [6.07, 6.45) is 3.17. The first kappa shape index (κ1) is 22.4. The number of pyridine rings is 1. The summed E-state index contributed by atoms with van der Waals surface area (Å²) in [5, 5.41) is 0. The fraction of sp³-hybridized carbons (Fsp3) is 0.480. The predicted molar refractivity (Wildman–Crippen MR) is 123 cm³/mol. The molecule has 170 valence electrons. The standard InChI is InChI=1S/C25H32N4O3/c1-3-32-23(30)19-27-13-11-25(12-14-27)24(31)29(22-10-9-20(2)26-17-22)16-15-28(25)18-21-7-5-4-6-8-21/h4-10,17H,3,11-16,18-19H2,1-2H3. The van der Waals surface area contributed by atoms with Crippen molar-refractivity contribution in [3.8, 4) is 0 Å². The van der Waals surface area contributed by atoms with Crippen LogP contribution in [0.25, 0.3) is 0 Å². The Hall–Kier alpha value is -2.77. The van der Waals surface area contributed by atoms with E-state index in [0.717, 1.165) is 24.5 Å². The molecule has 0 saturated carbocycles. The van der Waals surface area contributed by atoms with Crippen LogP contribution in [0.2, 0.25) is 0 Å². The molecule has 1 aromatic heterocycles. The van der Waals surface area contributed by atoms with Crippen molar-refractivity contribution in [3.05, 3.63) is 59.9 Å². The van der Waals surface area contributed by atoms with Crippen molar-refractivity contribution in [3.63, 3.8) is 0 Å². The minimum Gasteiger partial charge on any atom is -0.465 e. The summed E-state index contributed by atoms with van der Waals surface area (Å²) in [6.45, 7) is 8.00. The van der Waals surface area contributed by atoms with Crippen molar-refractivity contribution >= 4 is 17.6 Å². The maximum Gasteiger partial charge on any atom is 0.320 e. The van der Waals surface area contributed by atoms with E-state index in [4.69, 9.17) is 4.74 Å². The molecule has 0 aliphatic carbocycles. The number of anilines is 1.